The van der Waals surface area contributed by atoms with Crippen LogP contribution in [0.15, 0.2) is 36.5 Å². The van der Waals surface area contributed by atoms with E-state index in [0.717, 1.165) is 5.69 Å². The molecule has 15 heavy (non-hydrogen) atoms. The largest absolute Gasteiger partial charge is 0.369 e. The average Bonchev–Trinajstić information content (AvgIpc) is 2.67. The van der Waals surface area contributed by atoms with Crippen molar-refractivity contribution >= 4 is 5.95 Å². The fraction of sp³-hybridized carbons (Fsp3) is 0.250. The van der Waals surface area contributed by atoms with Crippen LogP contribution in [0.3, 0.4) is 0 Å². The van der Waals surface area contributed by atoms with Gasteiger partial charge in [0, 0.05) is 11.1 Å². The number of nitrogen functional groups attached to an aromatic ring is 1. The van der Waals surface area contributed by atoms with E-state index in [-0.39, 0.29) is 5.41 Å². The van der Waals surface area contributed by atoms with Gasteiger partial charge in [-0.3, -0.25) is 0 Å². The summed E-state index contributed by atoms with van der Waals surface area (Å²) in [5.74, 6) is 0.467. The van der Waals surface area contributed by atoms with E-state index in [2.05, 4.69) is 35.9 Å². The second-order valence-electron chi connectivity index (χ2n) is 4.17. The van der Waals surface area contributed by atoms with Crippen LogP contribution in [-0.4, -0.2) is 9.97 Å². The molecule has 2 rings (SSSR count). The molecule has 0 aliphatic carbocycles. The van der Waals surface area contributed by atoms with Gasteiger partial charge in [0.05, 0.1) is 6.20 Å². The smallest absolute Gasteiger partial charge is 0.197 e. The summed E-state index contributed by atoms with van der Waals surface area (Å²) in [7, 11) is 0. The van der Waals surface area contributed by atoms with Gasteiger partial charge in [-0.2, -0.15) is 0 Å². The predicted octanol–water partition coefficient (Wildman–Crippen LogP) is 2.32. The molecule has 0 amide bonds. The Hall–Kier alpha value is -1.77. The summed E-state index contributed by atoms with van der Waals surface area (Å²) in [5, 5.41) is 0. The lowest BCUT2D eigenvalue weighted by Crippen LogP contribution is -2.19. The quantitative estimate of drug-likeness (QED) is 0.783. The van der Waals surface area contributed by atoms with Gasteiger partial charge in [0.1, 0.15) is 0 Å². The van der Waals surface area contributed by atoms with E-state index < -0.39 is 0 Å². The molecule has 0 fully saturated rings. The van der Waals surface area contributed by atoms with E-state index in [1.54, 1.807) is 6.20 Å². The summed E-state index contributed by atoms with van der Waals surface area (Å²) in [5.41, 5.74) is 7.77. The van der Waals surface area contributed by atoms with Gasteiger partial charge in [0.25, 0.3) is 0 Å². The lowest BCUT2D eigenvalue weighted by atomic mass is 9.82. The summed E-state index contributed by atoms with van der Waals surface area (Å²) < 4.78 is 0. The maximum Gasteiger partial charge on any atom is 0.197 e. The summed E-state index contributed by atoms with van der Waals surface area (Å²) in [6, 6.07) is 10.3. The number of rotatable bonds is 2. The Kier molecular flexibility index (Phi) is 2.23. The number of hydrogen-bond donors (Lipinski definition) is 2. The van der Waals surface area contributed by atoms with Crippen molar-refractivity contribution in [3.05, 3.63) is 47.8 Å². The van der Waals surface area contributed by atoms with E-state index in [1.807, 2.05) is 18.2 Å². The number of nitrogens with two attached hydrogens (primary N) is 1. The zero-order chi connectivity index (χ0) is 10.9. The summed E-state index contributed by atoms with van der Waals surface area (Å²) >= 11 is 0. The number of nitrogens with zero attached hydrogens (tertiary/aromatic N) is 1. The van der Waals surface area contributed by atoms with Gasteiger partial charge in [-0.05, 0) is 5.56 Å². The lowest BCUT2D eigenvalue weighted by Gasteiger charge is -2.23. The van der Waals surface area contributed by atoms with Crippen molar-refractivity contribution in [2.75, 3.05) is 5.73 Å². The van der Waals surface area contributed by atoms with Crippen LogP contribution in [0.5, 0.6) is 0 Å². The molecule has 78 valence electrons. The zero-order valence-corrected chi connectivity index (χ0v) is 8.99. The number of aromatic amines is 1. The third kappa shape index (κ3) is 1.73. The van der Waals surface area contributed by atoms with Crippen molar-refractivity contribution < 1.29 is 0 Å². The molecule has 0 spiro atoms. The lowest BCUT2D eigenvalue weighted by molar-refractivity contribution is 0.621. The highest BCUT2D eigenvalue weighted by Gasteiger charge is 2.24. The Morgan fingerprint density at radius 3 is 2.40 bits per heavy atom. The molecule has 3 nitrogen and oxygen atoms in total. The average molecular weight is 201 g/mol. The van der Waals surface area contributed by atoms with Gasteiger partial charge in [-0.15, -0.1) is 0 Å². The van der Waals surface area contributed by atoms with Crippen LogP contribution < -0.4 is 5.73 Å². The topological polar surface area (TPSA) is 54.7 Å². The Balaban J connectivity index is 2.43. The van der Waals surface area contributed by atoms with Gasteiger partial charge < -0.3 is 10.7 Å². The molecular weight excluding hydrogens is 186 g/mol. The fourth-order valence-electron chi connectivity index (χ4n) is 1.66. The Bertz CT molecular complexity index is 443. The number of imidazole rings is 1. The number of nitrogens with one attached hydrogen (secondary N) is 1. The molecule has 1 aromatic carbocycles. The minimum absolute atomic E-state index is 0.0914. The molecule has 0 atom stereocenters. The van der Waals surface area contributed by atoms with Gasteiger partial charge >= 0.3 is 0 Å². The normalized spacial score (nSPS) is 11.6. The standard InChI is InChI=1S/C12H15N3/c1-12(2,9-6-4-3-5-7-9)10-8-14-11(13)15-10/h3-8H,1-2H3,(H3,13,14,15). The van der Waals surface area contributed by atoms with Gasteiger partial charge in [-0.25, -0.2) is 4.98 Å². The molecule has 0 unspecified atom stereocenters. The Morgan fingerprint density at radius 2 is 1.87 bits per heavy atom. The molecule has 2 aromatic rings. The van der Waals surface area contributed by atoms with Crippen LogP contribution in [0.25, 0.3) is 0 Å². The number of H-pyrrole nitrogens is 1. The summed E-state index contributed by atoms with van der Waals surface area (Å²) in [6.45, 7) is 4.30. The van der Waals surface area contributed by atoms with Crippen LogP contribution >= 0.6 is 0 Å². The predicted molar refractivity (Wildman–Crippen MR) is 61.6 cm³/mol. The molecule has 3 N–H and O–H groups in total. The third-order valence-corrected chi connectivity index (χ3v) is 2.76. The molecule has 3 heteroatoms. The molecule has 0 bridgehead atoms. The zero-order valence-electron chi connectivity index (χ0n) is 8.99. The molecule has 0 aliphatic rings. The highest BCUT2D eigenvalue weighted by Crippen LogP contribution is 2.29. The van der Waals surface area contributed by atoms with Crippen molar-refractivity contribution in [1.29, 1.82) is 0 Å². The molecule has 1 heterocycles. The van der Waals surface area contributed by atoms with Gasteiger partial charge in [-0.1, -0.05) is 44.2 Å². The second kappa shape index (κ2) is 3.42. The Morgan fingerprint density at radius 1 is 1.20 bits per heavy atom. The minimum Gasteiger partial charge on any atom is -0.369 e. The summed E-state index contributed by atoms with van der Waals surface area (Å²) in [4.78, 5) is 7.11. The minimum atomic E-state index is -0.0914. The first-order chi connectivity index (χ1) is 7.10. The number of anilines is 1. The molecule has 0 saturated carbocycles. The van der Waals surface area contributed by atoms with Crippen molar-refractivity contribution in [1.82, 2.24) is 9.97 Å². The Labute approximate surface area is 89.4 Å². The molecule has 0 aliphatic heterocycles. The monoisotopic (exact) mass is 201 g/mol. The van der Waals surface area contributed by atoms with Gasteiger partial charge in [0.2, 0.25) is 0 Å². The van der Waals surface area contributed by atoms with E-state index >= 15 is 0 Å². The van der Waals surface area contributed by atoms with Crippen molar-refractivity contribution in [2.24, 2.45) is 0 Å². The maximum atomic E-state index is 5.59. The van der Waals surface area contributed by atoms with Crippen LogP contribution in [0, 0.1) is 0 Å². The van der Waals surface area contributed by atoms with Crippen molar-refractivity contribution in [3.63, 3.8) is 0 Å². The van der Waals surface area contributed by atoms with Crippen LogP contribution in [0.1, 0.15) is 25.1 Å². The van der Waals surface area contributed by atoms with E-state index in [9.17, 15) is 0 Å². The van der Waals surface area contributed by atoms with Crippen LogP contribution in [0.2, 0.25) is 0 Å². The second-order valence-corrected chi connectivity index (χ2v) is 4.17. The van der Waals surface area contributed by atoms with E-state index in [4.69, 9.17) is 5.73 Å². The first kappa shape index (κ1) is 9.77. The summed E-state index contributed by atoms with van der Waals surface area (Å²) in [6.07, 6.45) is 1.79. The van der Waals surface area contributed by atoms with Crippen molar-refractivity contribution in [3.8, 4) is 0 Å². The third-order valence-electron chi connectivity index (χ3n) is 2.76. The highest BCUT2D eigenvalue weighted by molar-refractivity contribution is 5.35. The highest BCUT2D eigenvalue weighted by atomic mass is 15.0. The molecule has 0 radical (unpaired) electrons. The maximum absolute atomic E-state index is 5.59. The first-order valence-corrected chi connectivity index (χ1v) is 4.97. The first-order valence-electron chi connectivity index (χ1n) is 4.97. The number of hydrogen-bond acceptors (Lipinski definition) is 2. The van der Waals surface area contributed by atoms with Crippen molar-refractivity contribution in [2.45, 2.75) is 19.3 Å². The van der Waals surface area contributed by atoms with E-state index in [1.165, 1.54) is 5.56 Å². The van der Waals surface area contributed by atoms with E-state index in [0.29, 0.717) is 5.95 Å². The van der Waals surface area contributed by atoms with Crippen LogP contribution in [0.4, 0.5) is 5.95 Å². The SMILES string of the molecule is CC(C)(c1ccccc1)c1cnc(N)[nH]1. The number of benzene rings is 1. The molecular formula is C12H15N3. The molecule has 1 aromatic heterocycles. The number of aromatic nitrogens is 2. The van der Waals surface area contributed by atoms with Gasteiger partial charge in [0.15, 0.2) is 5.95 Å². The van der Waals surface area contributed by atoms with Crippen LogP contribution in [-0.2, 0) is 5.41 Å². The molecule has 0 saturated heterocycles. The fourth-order valence-corrected chi connectivity index (χ4v) is 1.66.